The molecule has 0 bridgehead atoms. The van der Waals surface area contributed by atoms with Crippen LogP contribution in [0.25, 0.3) is 11.0 Å². The number of benzene rings is 4. The van der Waals surface area contributed by atoms with Gasteiger partial charge in [0.25, 0.3) is 5.69 Å². The van der Waals surface area contributed by atoms with Gasteiger partial charge in [0.05, 0.1) is 10.4 Å². The first-order valence-electron chi connectivity index (χ1n) is 9.88. The fourth-order valence-corrected chi connectivity index (χ4v) is 4.18. The van der Waals surface area contributed by atoms with Crippen molar-refractivity contribution in [1.82, 2.24) is 15.0 Å². The van der Waals surface area contributed by atoms with Crippen molar-refractivity contribution in [3.63, 3.8) is 0 Å². The van der Waals surface area contributed by atoms with Crippen LogP contribution >= 0.6 is 0 Å². The third-order valence-corrected chi connectivity index (χ3v) is 5.53. The van der Waals surface area contributed by atoms with Crippen LogP contribution in [0.4, 0.5) is 5.69 Å². The molecule has 6 nitrogen and oxygen atoms in total. The molecule has 1 aromatic heterocycles. The molecule has 0 saturated heterocycles. The molecule has 5 aromatic rings. The van der Waals surface area contributed by atoms with E-state index < -0.39 is 10.5 Å². The van der Waals surface area contributed by atoms with Gasteiger partial charge in [0, 0.05) is 12.1 Å². The molecule has 0 aliphatic rings. The molecule has 0 saturated carbocycles. The molecule has 150 valence electrons. The molecule has 0 spiro atoms. The van der Waals surface area contributed by atoms with Crippen molar-refractivity contribution in [3.8, 4) is 0 Å². The number of nitro groups is 1. The van der Waals surface area contributed by atoms with Gasteiger partial charge in [-0.2, -0.15) is 0 Å². The van der Waals surface area contributed by atoms with Crippen LogP contribution in [0.3, 0.4) is 0 Å². The summed E-state index contributed by atoms with van der Waals surface area (Å²) >= 11 is 0. The maximum atomic E-state index is 11.3. The van der Waals surface area contributed by atoms with E-state index in [0.717, 1.165) is 16.7 Å². The summed E-state index contributed by atoms with van der Waals surface area (Å²) in [6, 6.07) is 35.0. The number of hydrogen-bond donors (Lipinski definition) is 0. The third-order valence-electron chi connectivity index (χ3n) is 5.53. The second kappa shape index (κ2) is 7.50. The highest BCUT2D eigenvalue weighted by Crippen LogP contribution is 2.41. The molecule has 0 aliphatic carbocycles. The van der Waals surface area contributed by atoms with E-state index >= 15 is 0 Å². The molecule has 0 radical (unpaired) electrons. The van der Waals surface area contributed by atoms with Gasteiger partial charge in [-0.1, -0.05) is 96.2 Å². The number of hydrogen-bond acceptors (Lipinski definition) is 4. The molecule has 0 aliphatic heterocycles. The lowest BCUT2D eigenvalue weighted by Gasteiger charge is -2.36. The number of nitro benzene ring substituents is 1. The van der Waals surface area contributed by atoms with Crippen LogP contribution in [0.5, 0.6) is 0 Å². The first-order chi connectivity index (χ1) is 15.2. The van der Waals surface area contributed by atoms with Gasteiger partial charge in [-0.25, -0.2) is 4.68 Å². The number of non-ortho nitro benzene ring substituents is 1. The second-order valence-corrected chi connectivity index (χ2v) is 7.24. The first kappa shape index (κ1) is 18.7. The van der Waals surface area contributed by atoms with Crippen molar-refractivity contribution >= 4 is 16.7 Å². The lowest BCUT2D eigenvalue weighted by molar-refractivity contribution is -0.384. The Morgan fingerprint density at radius 2 is 1.19 bits per heavy atom. The molecular formula is C25H18N4O2. The summed E-state index contributed by atoms with van der Waals surface area (Å²) < 4.78 is 1.87. The van der Waals surface area contributed by atoms with E-state index in [1.54, 1.807) is 6.07 Å². The van der Waals surface area contributed by atoms with Crippen molar-refractivity contribution < 1.29 is 4.92 Å². The molecule has 5 rings (SSSR count). The monoisotopic (exact) mass is 406 g/mol. The lowest BCUT2D eigenvalue weighted by atomic mass is 9.77. The minimum Gasteiger partial charge on any atom is -0.258 e. The molecule has 0 amide bonds. The Labute approximate surface area is 178 Å². The second-order valence-electron chi connectivity index (χ2n) is 7.24. The normalized spacial score (nSPS) is 11.5. The minimum atomic E-state index is -0.811. The zero-order valence-electron chi connectivity index (χ0n) is 16.5. The summed E-state index contributed by atoms with van der Waals surface area (Å²) in [7, 11) is 0. The highest BCUT2D eigenvalue weighted by atomic mass is 16.6. The number of nitrogens with zero attached hydrogens (tertiary/aromatic N) is 4. The average molecular weight is 406 g/mol. The van der Waals surface area contributed by atoms with Crippen LogP contribution < -0.4 is 0 Å². The van der Waals surface area contributed by atoms with Crippen molar-refractivity contribution in [2.45, 2.75) is 5.54 Å². The Balaban J connectivity index is 1.92. The molecule has 0 fully saturated rings. The number of aromatic nitrogens is 3. The first-order valence-corrected chi connectivity index (χ1v) is 9.88. The third kappa shape index (κ3) is 2.97. The smallest absolute Gasteiger partial charge is 0.258 e. The standard InChI is InChI=1S/C25H18N4O2/c30-29(31)22-16-17-24-23(18-22)26-27-28(24)25(19-10-4-1-5-11-19,20-12-6-2-7-13-20)21-14-8-3-9-15-21/h1-18H. The zero-order valence-corrected chi connectivity index (χ0v) is 16.5. The topological polar surface area (TPSA) is 73.8 Å². The quantitative estimate of drug-likeness (QED) is 0.229. The minimum absolute atomic E-state index is 0.00992. The van der Waals surface area contributed by atoms with E-state index in [2.05, 4.69) is 46.7 Å². The summed E-state index contributed by atoms with van der Waals surface area (Å²) in [6.45, 7) is 0. The van der Waals surface area contributed by atoms with Crippen LogP contribution in [0.2, 0.25) is 0 Å². The molecule has 0 atom stereocenters. The summed E-state index contributed by atoms with van der Waals surface area (Å²) in [5.41, 5.74) is 3.40. The van der Waals surface area contributed by atoms with Gasteiger partial charge in [-0.15, -0.1) is 5.10 Å². The van der Waals surface area contributed by atoms with Crippen molar-refractivity contribution in [3.05, 3.63) is 136 Å². The summed E-state index contributed by atoms with van der Waals surface area (Å²) in [6.07, 6.45) is 0. The highest BCUT2D eigenvalue weighted by Gasteiger charge is 2.40. The Bertz CT molecular complexity index is 1250. The Morgan fingerprint density at radius 1 is 0.710 bits per heavy atom. The van der Waals surface area contributed by atoms with Crippen LogP contribution in [0.15, 0.2) is 109 Å². The fraction of sp³-hybridized carbons (Fsp3) is 0.0400. The van der Waals surface area contributed by atoms with Gasteiger partial charge in [0.15, 0.2) is 0 Å². The van der Waals surface area contributed by atoms with Gasteiger partial charge in [0.1, 0.15) is 11.1 Å². The number of fused-ring (bicyclic) bond motifs is 1. The van der Waals surface area contributed by atoms with Gasteiger partial charge in [-0.05, 0) is 22.8 Å². The molecular weight excluding hydrogens is 388 g/mol. The van der Waals surface area contributed by atoms with Gasteiger partial charge in [-0.3, -0.25) is 10.1 Å². The van der Waals surface area contributed by atoms with Crippen LogP contribution in [0.1, 0.15) is 16.7 Å². The van der Waals surface area contributed by atoms with E-state index in [1.807, 2.05) is 59.3 Å². The maximum Gasteiger partial charge on any atom is 0.271 e. The highest BCUT2D eigenvalue weighted by molar-refractivity contribution is 5.78. The lowest BCUT2D eigenvalue weighted by Crippen LogP contribution is -2.38. The van der Waals surface area contributed by atoms with E-state index in [0.29, 0.717) is 11.0 Å². The summed E-state index contributed by atoms with van der Waals surface area (Å²) in [4.78, 5) is 10.8. The zero-order chi connectivity index (χ0) is 21.3. The maximum absolute atomic E-state index is 11.3. The Hall–Kier alpha value is -4.32. The van der Waals surface area contributed by atoms with Gasteiger partial charge < -0.3 is 0 Å². The average Bonchev–Trinajstić information content (AvgIpc) is 3.25. The van der Waals surface area contributed by atoms with Crippen molar-refractivity contribution in [1.29, 1.82) is 0 Å². The van der Waals surface area contributed by atoms with Crippen molar-refractivity contribution in [2.75, 3.05) is 0 Å². The predicted molar refractivity (Wildman–Crippen MR) is 119 cm³/mol. The molecule has 0 unspecified atom stereocenters. The van der Waals surface area contributed by atoms with E-state index in [4.69, 9.17) is 0 Å². The van der Waals surface area contributed by atoms with Crippen molar-refractivity contribution in [2.24, 2.45) is 0 Å². The Kier molecular flexibility index (Phi) is 4.52. The van der Waals surface area contributed by atoms with Crippen LogP contribution in [-0.4, -0.2) is 19.9 Å². The molecule has 4 aromatic carbocycles. The van der Waals surface area contributed by atoms with Crippen LogP contribution in [0, 0.1) is 10.1 Å². The summed E-state index contributed by atoms with van der Waals surface area (Å²) in [5, 5.41) is 20.1. The van der Waals surface area contributed by atoms with E-state index in [-0.39, 0.29) is 5.69 Å². The summed E-state index contributed by atoms with van der Waals surface area (Å²) in [5.74, 6) is 0. The Morgan fingerprint density at radius 3 is 1.65 bits per heavy atom. The largest absolute Gasteiger partial charge is 0.271 e. The number of rotatable bonds is 5. The molecule has 31 heavy (non-hydrogen) atoms. The van der Waals surface area contributed by atoms with Crippen LogP contribution in [-0.2, 0) is 5.54 Å². The molecule has 1 heterocycles. The van der Waals surface area contributed by atoms with E-state index in [1.165, 1.54) is 12.1 Å². The molecule has 0 N–H and O–H groups in total. The predicted octanol–water partition coefficient (Wildman–Crippen LogP) is 5.18. The SMILES string of the molecule is O=[N+]([O-])c1ccc2c(c1)nnn2C(c1ccccc1)(c1ccccc1)c1ccccc1. The molecule has 6 heteroatoms. The van der Waals surface area contributed by atoms with Gasteiger partial charge >= 0.3 is 0 Å². The fourth-order valence-electron chi connectivity index (χ4n) is 4.18. The van der Waals surface area contributed by atoms with Gasteiger partial charge in [0.2, 0.25) is 0 Å². The van der Waals surface area contributed by atoms with E-state index in [9.17, 15) is 10.1 Å².